The standard InChI is InChI=1S/C30H36ClN7O5/c1-3-5-22(25(39)28(41)34-21-11-12-21)35-27(40)23-17-38(15-14-37(23)16-19-7-9-20(31)10-8-19)29(42)18(2)33-30-36-26-24(43-30)6-4-13-32-26/h4,6-10,13,18,21-23H,3,5,11-12,14-17H2,1-2H3,(H,34,41)(H,35,40)(H,32,33,36)/t18-,22-,23+/m0/s1. The molecular weight excluding hydrogens is 574 g/mol. The molecule has 228 valence electrons. The van der Waals surface area contributed by atoms with Crippen LogP contribution < -0.4 is 16.0 Å². The predicted molar refractivity (Wildman–Crippen MR) is 160 cm³/mol. The van der Waals surface area contributed by atoms with Crippen LogP contribution >= 0.6 is 11.6 Å². The minimum absolute atomic E-state index is 0.0313. The van der Waals surface area contributed by atoms with Crippen LogP contribution in [0.3, 0.4) is 0 Å². The van der Waals surface area contributed by atoms with Crippen molar-refractivity contribution in [3.8, 4) is 0 Å². The molecule has 13 heteroatoms. The summed E-state index contributed by atoms with van der Waals surface area (Å²) in [5, 5.41) is 9.16. The smallest absolute Gasteiger partial charge is 0.297 e. The Hall–Kier alpha value is -4.03. The van der Waals surface area contributed by atoms with E-state index in [4.69, 9.17) is 16.0 Å². The van der Waals surface area contributed by atoms with Crippen molar-refractivity contribution in [2.24, 2.45) is 0 Å². The molecule has 1 saturated heterocycles. The van der Waals surface area contributed by atoms with Crippen molar-refractivity contribution in [2.45, 2.75) is 70.2 Å². The van der Waals surface area contributed by atoms with Gasteiger partial charge < -0.3 is 25.3 Å². The van der Waals surface area contributed by atoms with Gasteiger partial charge in [0.05, 0.1) is 6.04 Å². The lowest BCUT2D eigenvalue weighted by atomic mass is 10.0. The quantitative estimate of drug-likeness (QED) is 0.263. The molecule has 1 saturated carbocycles. The number of oxazole rings is 1. The van der Waals surface area contributed by atoms with E-state index >= 15 is 0 Å². The highest BCUT2D eigenvalue weighted by Gasteiger charge is 2.38. The molecule has 0 spiro atoms. The van der Waals surface area contributed by atoms with E-state index < -0.39 is 35.7 Å². The molecule has 0 unspecified atom stereocenters. The van der Waals surface area contributed by atoms with Crippen molar-refractivity contribution >= 4 is 52.4 Å². The maximum Gasteiger partial charge on any atom is 0.297 e. The Balaban J connectivity index is 1.30. The molecule has 3 heterocycles. The van der Waals surface area contributed by atoms with Gasteiger partial charge >= 0.3 is 0 Å². The molecule has 3 amide bonds. The number of Topliss-reactive ketones (excluding diaryl/α,β-unsaturated/α-hetero) is 1. The van der Waals surface area contributed by atoms with Crippen LogP contribution in [0.1, 0.15) is 45.1 Å². The lowest BCUT2D eigenvalue weighted by molar-refractivity contribution is -0.142. The first-order chi connectivity index (χ1) is 20.7. The number of aromatic nitrogens is 2. The van der Waals surface area contributed by atoms with E-state index in [2.05, 4.69) is 25.9 Å². The number of carbonyl (C=O) groups is 4. The number of benzene rings is 1. The number of hydrogen-bond donors (Lipinski definition) is 3. The fourth-order valence-corrected chi connectivity index (χ4v) is 5.23. The largest absolute Gasteiger partial charge is 0.422 e. The van der Waals surface area contributed by atoms with Crippen molar-refractivity contribution in [1.29, 1.82) is 0 Å². The zero-order valence-electron chi connectivity index (χ0n) is 24.2. The number of pyridine rings is 1. The van der Waals surface area contributed by atoms with E-state index in [1.54, 1.807) is 42.3 Å². The number of anilines is 1. The molecule has 12 nitrogen and oxygen atoms in total. The van der Waals surface area contributed by atoms with E-state index in [1.165, 1.54) is 0 Å². The van der Waals surface area contributed by atoms with Crippen molar-refractivity contribution in [3.63, 3.8) is 0 Å². The average Bonchev–Trinajstić information content (AvgIpc) is 3.72. The van der Waals surface area contributed by atoms with Gasteiger partial charge in [-0.3, -0.25) is 24.1 Å². The summed E-state index contributed by atoms with van der Waals surface area (Å²) in [6, 6.07) is 8.63. The van der Waals surface area contributed by atoms with Crippen LogP contribution in [-0.2, 0) is 25.7 Å². The molecule has 1 aromatic carbocycles. The van der Waals surface area contributed by atoms with Crippen LogP contribution in [0.5, 0.6) is 0 Å². The van der Waals surface area contributed by atoms with Gasteiger partial charge in [0.1, 0.15) is 12.1 Å². The van der Waals surface area contributed by atoms with Crippen LogP contribution in [0.15, 0.2) is 47.0 Å². The fourth-order valence-electron chi connectivity index (χ4n) is 5.10. The summed E-state index contributed by atoms with van der Waals surface area (Å²) in [7, 11) is 0. The van der Waals surface area contributed by atoms with Crippen LogP contribution in [0.25, 0.3) is 11.2 Å². The monoisotopic (exact) mass is 609 g/mol. The number of amides is 3. The molecule has 3 atom stereocenters. The maximum atomic E-state index is 13.8. The van der Waals surface area contributed by atoms with E-state index in [9.17, 15) is 19.2 Å². The number of rotatable bonds is 12. The summed E-state index contributed by atoms with van der Waals surface area (Å²) in [4.78, 5) is 64.8. The lowest BCUT2D eigenvalue weighted by Crippen LogP contribution is -2.62. The number of nitrogens with zero attached hydrogens (tertiary/aromatic N) is 4. The van der Waals surface area contributed by atoms with Crippen molar-refractivity contribution in [1.82, 2.24) is 30.4 Å². The Bertz CT molecular complexity index is 1440. The Morgan fingerprint density at radius 3 is 2.58 bits per heavy atom. The van der Waals surface area contributed by atoms with E-state index in [0.717, 1.165) is 18.4 Å². The molecule has 43 heavy (non-hydrogen) atoms. The second-order valence-corrected chi connectivity index (χ2v) is 11.5. The first-order valence-corrected chi connectivity index (χ1v) is 15.0. The van der Waals surface area contributed by atoms with E-state index in [1.807, 2.05) is 24.0 Å². The number of hydrogen-bond acceptors (Lipinski definition) is 9. The second kappa shape index (κ2) is 13.5. The first kappa shape index (κ1) is 30.4. The number of carbonyl (C=O) groups excluding carboxylic acids is 4. The van der Waals surface area contributed by atoms with Gasteiger partial charge in [-0.15, -0.1) is 0 Å². The fraction of sp³-hybridized carbons (Fsp3) is 0.467. The number of halogens is 1. The van der Waals surface area contributed by atoms with Gasteiger partial charge in [0.15, 0.2) is 5.58 Å². The Kier molecular flexibility index (Phi) is 9.56. The second-order valence-electron chi connectivity index (χ2n) is 11.1. The summed E-state index contributed by atoms with van der Waals surface area (Å²) >= 11 is 6.07. The number of ketones is 1. The third-order valence-electron chi connectivity index (χ3n) is 7.63. The molecule has 2 aliphatic rings. The summed E-state index contributed by atoms with van der Waals surface area (Å²) in [5.41, 5.74) is 1.88. The van der Waals surface area contributed by atoms with Crippen LogP contribution in [0, 0.1) is 0 Å². The first-order valence-electron chi connectivity index (χ1n) is 14.6. The SMILES string of the molecule is CCC[C@H](NC(=O)[C@H]1CN(C(=O)[C@H](C)Nc2nc3ncccc3o2)CCN1Cc1ccc(Cl)cc1)C(=O)C(=O)NC1CC1. The number of piperazine rings is 1. The van der Waals surface area contributed by atoms with Gasteiger partial charge in [0.25, 0.3) is 11.9 Å². The Morgan fingerprint density at radius 1 is 1.12 bits per heavy atom. The average molecular weight is 610 g/mol. The Morgan fingerprint density at radius 2 is 1.88 bits per heavy atom. The molecule has 5 rings (SSSR count). The zero-order chi connectivity index (χ0) is 30.5. The van der Waals surface area contributed by atoms with Crippen molar-refractivity contribution in [2.75, 3.05) is 25.0 Å². The van der Waals surface area contributed by atoms with Gasteiger partial charge in [-0.2, -0.15) is 4.98 Å². The summed E-state index contributed by atoms with van der Waals surface area (Å²) < 4.78 is 5.66. The molecular formula is C30H36ClN7O5. The van der Waals surface area contributed by atoms with Gasteiger partial charge in [-0.1, -0.05) is 37.1 Å². The molecule has 3 aromatic rings. The summed E-state index contributed by atoms with van der Waals surface area (Å²) in [6.45, 7) is 4.93. The van der Waals surface area contributed by atoms with Crippen LogP contribution in [-0.4, -0.2) is 87.1 Å². The van der Waals surface area contributed by atoms with Crippen LogP contribution in [0.2, 0.25) is 5.02 Å². The number of nitrogens with one attached hydrogen (secondary N) is 3. The molecule has 2 fully saturated rings. The van der Waals surface area contributed by atoms with Crippen LogP contribution in [0.4, 0.5) is 6.01 Å². The summed E-state index contributed by atoms with van der Waals surface area (Å²) in [6.07, 6.45) is 4.25. The minimum atomic E-state index is -0.951. The predicted octanol–water partition coefficient (Wildman–Crippen LogP) is 2.52. The van der Waals surface area contributed by atoms with Gasteiger partial charge in [-0.25, -0.2) is 4.98 Å². The third-order valence-corrected chi connectivity index (χ3v) is 7.88. The Labute approximate surface area is 254 Å². The molecule has 1 aliphatic heterocycles. The zero-order valence-corrected chi connectivity index (χ0v) is 25.0. The highest BCUT2D eigenvalue weighted by Crippen LogP contribution is 2.21. The van der Waals surface area contributed by atoms with Gasteiger partial charge in [0.2, 0.25) is 23.2 Å². The minimum Gasteiger partial charge on any atom is -0.422 e. The van der Waals surface area contributed by atoms with Crippen molar-refractivity contribution < 1.29 is 23.6 Å². The molecule has 2 aromatic heterocycles. The number of fused-ring (bicyclic) bond motifs is 1. The normalized spacial score (nSPS) is 18.6. The van der Waals surface area contributed by atoms with E-state index in [-0.39, 0.29) is 24.5 Å². The van der Waals surface area contributed by atoms with E-state index in [0.29, 0.717) is 48.7 Å². The molecule has 0 bridgehead atoms. The summed E-state index contributed by atoms with van der Waals surface area (Å²) in [5.74, 6) is -1.97. The topological polar surface area (TPSA) is 150 Å². The molecule has 0 radical (unpaired) electrons. The van der Waals surface area contributed by atoms with Gasteiger partial charge in [0, 0.05) is 43.4 Å². The van der Waals surface area contributed by atoms with Gasteiger partial charge in [-0.05, 0) is 56.0 Å². The third kappa shape index (κ3) is 7.68. The highest BCUT2D eigenvalue weighted by molar-refractivity contribution is 6.38. The lowest BCUT2D eigenvalue weighted by Gasteiger charge is -2.41. The molecule has 1 aliphatic carbocycles. The molecule has 3 N–H and O–H groups in total. The maximum absolute atomic E-state index is 13.8. The highest BCUT2D eigenvalue weighted by atomic mass is 35.5. The van der Waals surface area contributed by atoms with Crippen molar-refractivity contribution in [3.05, 3.63) is 53.2 Å².